The van der Waals surface area contributed by atoms with Gasteiger partial charge in [0.05, 0.1) is 29.7 Å². The number of carboxylic acid groups (broad SMARTS) is 1. The van der Waals surface area contributed by atoms with E-state index in [1.165, 1.54) is 18.2 Å². The number of hydrogen-bond donors (Lipinski definition) is 1. The Hall–Kier alpha value is -2.47. The van der Waals surface area contributed by atoms with Crippen LogP contribution < -0.4 is 0 Å². The van der Waals surface area contributed by atoms with Crippen LogP contribution in [0.4, 0.5) is 4.39 Å². The summed E-state index contributed by atoms with van der Waals surface area (Å²) in [7, 11) is 0. The van der Waals surface area contributed by atoms with Gasteiger partial charge >= 0.3 is 5.97 Å². The van der Waals surface area contributed by atoms with Crippen molar-refractivity contribution in [2.24, 2.45) is 0 Å². The maximum Gasteiger partial charge on any atom is 0.337 e. The van der Waals surface area contributed by atoms with E-state index in [1.807, 2.05) is 6.92 Å². The third-order valence-electron chi connectivity index (χ3n) is 4.99. The van der Waals surface area contributed by atoms with Crippen LogP contribution in [0.3, 0.4) is 0 Å². The molecule has 2 aromatic rings. The molecule has 2 heterocycles. The van der Waals surface area contributed by atoms with E-state index in [-0.39, 0.29) is 35.6 Å². The Kier molecular flexibility index (Phi) is 5.23. The smallest absolute Gasteiger partial charge is 0.337 e. The van der Waals surface area contributed by atoms with Gasteiger partial charge in [-0.2, -0.15) is 0 Å². The number of nitrogens with zero attached hydrogens (tertiary/aromatic N) is 1. The minimum atomic E-state index is -1.06. The first-order chi connectivity index (χ1) is 12.4. The number of carbonyl (C=O) groups excluding carboxylic acids is 1. The summed E-state index contributed by atoms with van der Waals surface area (Å²) in [5, 5.41) is 9.47. The molecule has 1 aliphatic heterocycles. The lowest BCUT2D eigenvalue weighted by Gasteiger charge is -2.25. The predicted molar refractivity (Wildman–Crippen MR) is 94.1 cm³/mol. The summed E-state index contributed by atoms with van der Waals surface area (Å²) in [6.45, 7) is 4.67. The molecule has 6 heteroatoms. The van der Waals surface area contributed by atoms with Crippen LogP contribution >= 0.6 is 0 Å². The molecule has 0 radical (unpaired) electrons. The zero-order valence-electron chi connectivity index (χ0n) is 14.9. The van der Waals surface area contributed by atoms with Crippen LogP contribution in [0.15, 0.2) is 30.3 Å². The monoisotopic (exact) mass is 359 g/mol. The van der Waals surface area contributed by atoms with Gasteiger partial charge in [0.2, 0.25) is 0 Å². The Labute approximate surface area is 151 Å². The standard InChI is InChI=1S/C20H22FNO4/c1-3-13(14-4-6-15(21)7-5-14)10-18(23)17-11-16(20(24)25)19-12(2)26-9-8-22(17)19/h4-7,11-13H,3,8-10H2,1-2H3,(H,24,25)/t12?,13-/m0/s1. The van der Waals surface area contributed by atoms with Crippen LogP contribution in [0.2, 0.25) is 0 Å². The van der Waals surface area contributed by atoms with Gasteiger partial charge in [-0.15, -0.1) is 0 Å². The van der Waals surface area contributed by atoms with E-state index in [0.717, 1.165) is 12.0 Å². The average molecular weight is 359 g/mol. The van der Waals surface area contributed by atoms with Crippen LogP contribution in [0.5, 0.6) is 0 Å². The number of Topliss-reactive ketones (excluding diaryl/α,β-unsaturated/α-hetero) is 1. The normalized spacial score (nSPS) is 17.6. The summed E-state index contributed by atoms with van der Waals surface area (Å²) in [5.41, 5.74) is 1.98. The first-order valence-corrected chi connectivity index (χ1v) is 8.79. The molecule has 0 bridgehead atoms. The molecule has 3 rings (SSSR count). The Balaban J connectivity index is 1.91. The number of rotatable bonds is 6. The molecule has 138 valence electrons. The van der Waals surface area contributed by atoms with Crippen molar-refractivity contribution in [3.63, 3.8) is 0 Å². The van der Waals surface area contributed by atoms with Crippen molar-refractivity contribution in [1.29, 1.82) is 0 Å². The van der Waals surface area contributed by atoms with Crippen molar-refractivity contribution in [2.75, 3.05) is 6.61 Å². The van der Waals surface area contributed by atoms with Crippen molar-refractivity contribution in [2.45, 2.75) is 45.3 Å². The number of ether oxygens (including phenoxy) is 1. The number of ketones is 1. The molecular formula is C20H22FNO4. The number of carboxylic acids is 1. The fourth-order valence-electron chi connectivity index (χ4n) is 3.61. The van der Waals surface area contributed by atoms with E-state index in [4.69, 9.17) is 4.74 Å². The average Bonchev–Trinajstić information content (AvgIpc) is 3.02. The molecule has 0 fully saturated rings. The number of halogens is 1. The number of aromatic nitrogens is 1. The quantitative estimate of drug-likeness (QED) is 0.786. The van der Waals surface area contributed by atoms with Crippen molar-refractivity contribution in [3.8, 4) is 0 Å². The third kappa shape index (κ3) is 3.42. The zero-order chi connectivity index (χ0) is 18.8. The predicted octanol–water partition coefficient (Wildman–Crippen LogP) is 4.18. The molecule has 0 saturated carbocycles. The van der Waals surface area contributed by atoms with Gasteiger partial charge in [-0.05, 0) is 43.0 Å². The topological polar surface area (TPSA) is 68.5 Å². The lowest BCUT2D eigenvalue weighted by Crippen LogP contribution is -2.24. The summed E-state index contributed by atoms with van der Waals surface area (Å²) >= 11 is 0. The molecule has 1 N–H and O–H groups in total. The van der Waals surface area contributed by atoms with Gasteiger partial charge in [0, 0.05) is 13.0 Å². The van der Waals surface area contributed by atoms with Crippen molar-refractivity contribution in [3.05, 3.63) is 58.7 Å². The minimum absolute atomic E-state index is 0.0419. The summed E-state index contributed by atoms with van der Waals surface area (Å²) < 4.78 is 20.5. The lowest BCUT2D eigenvalue weighted by atomic mass is 9.90. The van der Waals surface area contributed by atoms with Crippen LogP contribution in [0.1, 0.15) is 70.8 Å². The first-order valence-electron chi connectivity index (χ1n) is 8.79. The lowest BCUT2D eigenvalue weighted by molar-refractivity contribution is 0.0300. The number of aromatic carboxylic acids is 1. The SMILES string of the molecule is CC[C@@H](CC(=O)c1cc(C(=O)O)c2n1CCOC2C)c1ccc(F)cc1. The second kappa shape index (κ2) is 7.41. The molecule has 2 atom stereocenters. The van der Waals surface area contributed by atoms with Crippen molar-refractivity contribution >= 4 is 11.8 Å². The van der Waals surface area contributed by atoms with E-state index < -0.39 is 5.97 Å². The Bertz CT molecular complexity index is 825. The number of fused-ring (bicyclic) bond motifs is 1. The largest absolute Gasteiger partial charge is 0.478 e. The molecule has 5 nitrogen and oxygen atoms in total. The highest BCUT2D eigenvalue weighted by atomic mass is 19.1. The van der Waals surface area contributed by atoms with Crippen molar-refractivity contribution in [1.82, 2.24) is 4.57 Å². The van der Waals surface area contributed by atoms with E-state index in [2.05, 4.69) is 0 Å². The van der Waals surface area contributed by atoms with Gasteiger partial charge in [0.15, 0.2) is 5.78 Å². The van der Waals surface area contributed by atoms with Gasteiger partial charge in [-0.1, -0.05) is 19.1 Å². The maximum absolute atomic E-state index is 13.1. The molecule has 0 saturated heterocycles. The zero-order valence-corrected chi connectivity index (χ0v) is 14.9. The molecule has 0 aliphatic carbocycles. The fraction of sp³-hybridized carbons (Fsp3) is 0.400. The van der Waals surface area contributed by atoms with Gasteiger partial charge in [-0.25, -0.2) is 9.18 Å². The molecule has 1 aromatic carbocycles. The van der Waals surface area contributed by atoms with Crippen LogP contribution in [0.25, 0.3) is 0 Å². The van der Waals surface area contributed by atoms with Crippen LogP contribution in [-0.4, -0.2) is 28.0 Å². The number of benzene rings is 1. The second-order valence-electron chi connectivity index (χ2n) is 6.58. The Morgan fingerprint density at radius 2 is 2.04 bits per heavy atom. The van der Waals surface area contributed by atoms with Gasteiger partial charge < -0.3 is 14.4 Å². The summed E-state index contributed by atoms with van der Waals surface area (Å²) in [4.78, 5) is 24.5. The molecule has 1 unspecified atom stereocenters. The summed E-state index contributed by atoms with van der Waals surface area (Å²) in [6.07, 6.45) is 0.617. The van der Waals surface area contributed by atoms with E-state index >= 15 is 0 Å². The molecule has 0 amide bonds. The molecule has 1 aliphatic rings. The van der Waals surface area contributed by atoms with E-state index in [1.54, 1.807) is 23.6 Å². The second-order valence-corrected chi connectivity index (χ2v) is 6.58. The van der Waals surface area contributed by atoms with E-state index in [0.29, 0.717) is 24.5 Å². The highest BCUT2D eigenvalue weighted by Crippen LogP contribution is 2.31. The Morgan fingerprint density at radius 3 is 2.65 bits per heavy atom. The Morgan fingerprint density at radius 1 is 1.35 bits per heavy atom. The molecule has 1 aromatic heterocycles. The van der Waals surface area contributed by atoms with Gasteiger partial charge in [-0.3, -0.25) is 4.79 Å². The van der Waals surface area contributed by atoms with Crippen LogP contribution in [0, 0.1) is 5.82 Å². The minimum Gasteiger partial charge on any atom is -0.478 e. The maximum atomic E-state index is 13.1. The fourth-order valence-corrected chi connectivity index (χ4v) is 3.61. The third-order valence-corrected chi connectivity index (χ3v) is 4.99. The highest BCUT2D eigenvalue weighted by molar-refractivity contribution is 5.99. The molecule has 0 spiro atoms. The summed E-state index contributed by atoms with van der Waals surface area (Å²) in [5.74, 6) is -1.52. The molecule has 26 heavy (non-hydrogen) atoms. The first kappa shape index (κ1) is 18.3. The number of hydrogen-bond acceptors (Lipinski definition) is 3. The molecular weight excluding hydrogens is 337 g/mol. The highest BCUT2D eigenvalue weighted by Gasteiger charge is 2.30. The van der Waals surface area contributed by atoms with E-state index in [9.17, 15) is 19.1 Å². The van der Waals surface area contributed by atoms with Gasteiger partial charge in [0.1, 0.15) is 5.82 Å². The van der Waals surface area contributed by atoms with Gasteiger partial charge in [0.25, 0.3) is 0 Å². The number of carbonyl (C=O) groups is 2. The summed E-state index contributed by atoms with van der Waals surface area (Å²) in [6, 6.07) is 7.64. The van der Waals surface area contributed by atoms with Crippen LogP contribution in [-0.2, 0) is 11.3 Å². The van der Waals surface area contributed by atoms with Crippen molar-refractivity contribution < 1.29 is 23.8 Å².